The number of ether oxygens (including phenoxy) is 1. The number of para-hydroxylation sites is 1. The van der Waals surface area contributed by atoms with E-state index >= 15 is 0 Å². The van der Waals surface area contributed by atoms with Gasteiger partial charge in [0.05, 0.1) is 6.61 Å². The molecule has 1 heterocycles. The van der Waals surface area contributed by atoms with Crippen LogP contribution in [-0.2, 0) is 9.59 Å². The van der Waals surface area contributed by atoms with Crippen molar-refractivity contribution in [3.8, 4) is 5.75 Å². The summed E-state index contributed by atoms with van der Waals surface area (Å²) >= 11 is 0. The first-order valence-electron chi connectivity index (χ1n) is 6.32. The Balaban J connectivity index is 2.01. The monoisotopic (exact) mass is 263 g/mol. The molecule has 1 aliphatic heterocycles. The number of carbonyl (C=O) groups is 2. The van der Waals surface area contributed by atoms with E-state index in [1.807, 2.05) is 24.3 Å². The maximum absolute atomic E-state index is 11.8. The Hall–Kier alpha value is -2.04. The van der Waals surface area contributed by atoms with Crippen LogP contribution in [0.3, 0.4) is 0 Å². The molecule has 0 saturated heterocycles. The minimum Gasteiger partial charge on any atom is -0.493 e. The van der Waals surface area contributed by atoms with E-state index in [0.717, 1.165) is 17.7 Å². The van der Waals surface area contributed by atoms with Crippen LogP contribution in [0.5, 0.6) is 5.75 Å². The van der Waals surface area contributed by atoms with Crippen molar-refractivity contribution in [3.63, 3.8) is 0 Å². The molecule has 1 aromatic carbocycles. The van der Waals surface area contributed by atoms with Crippen molar-refractivity contribution in [1.82, 2.24) is 5.32 Å². The van der Waals surface area contributed by atoms with Crippen molar-refractivity contribution in [2.45, 2.75) is 31.7 Å². The highest BCUT2D eigenvalue weighted by Crippen LogP contribution is 2.35. The van der Waals surface area contributed by atoms with E-state index in [-0.39, 0.29) is 18.2 Å². The van der Waals surface area contributed by atoms with Crippen LogP contribution in [0.15, 0.2) is 24.3 Å². The summed E-state index contributed by atoms with van der Waals surface area (Å²) in [5.41, 5.74) is 1.02. The van der Waals surface area contributed by atoms with Gasteiger partial charge in [0.2, 0.25) is 5.91 Å². The highest BCUT2D eigenvalue weighted by molar-refractivity contribution is 5.83. The summed E-state index contributed by atoms with van der Waals surface area (Å²) in [6, 6.07) is 6.79. The van der Waals surface area contributed by atoms with E-state index < -0.39 is 12.0 Å². The number of nitrogens with one attached hydrogen (secondary N) is 1. The molecule has 0 spiro atoms. The van der Waals surface area contributed by atoms with Gasteiger partial charge in [-0.05, 0) is 30.9 Å². The molecular weight excluding hydrogens is 246 g/mol. The summed E-state index contributed by atoms with van der Waals surface area (Å²) in [6.07, 6.45) is 1.06. The number of fused-ring (bicyclic) bond motifs is 1. The lowest BCUT2D eigenvalue weighted by molar-refractivity contribution is -0.141. The second-order valence-electron chi connectivity index (χ2n) is 4.70. The van der Waals surface area contributed by atoms with Gasteiger partial charge in [-0.1, -0.05) is 18.2 Å². The van der Waals surface area contributed by atoms with Crippen LogP contribution in [0.1, 0.15) is 31.2 Å². The van der Waals surface area contributed by atoms with Gasteiger partial charge >= 0.3 is 5.97 Å². The van der Waals surface area contributed by atoms with Crippen LogP contribution in [0, 0.1) is 0 Å². The number of amides is 1. The number of benzene rings is 1. The Morgan fingerprint density at radius 3 is 2.95 bits per heavy atom. The lowest BCUT2D eigenvalue weighted by Gasteiger charge is -2.25. The van der Waals surface area contributed by atoms with E-state index in [2.05, 4.69) is 5.32 Å². The predicted octanol–water partition coefficient (Wildman–Crippen LogP) is 1.53. The molecule has 0 saturated carbocycles. The highest BCUT2D eigenvalue weighted by atomic mass is 16.5. The van der Waals surface area contributed by atoms with Crippen LogP contribution in [-0.4, -0.2) is 29.6 Å². The van der Waals surface area contributed by atoms with Crippen molar-refractivity contribution < 1.29 is 19.4 Å². The fourth-order valence-electron chi connectivity index (χ4n) is 2.21. The Bertz CT molecular complexity index is 486. The van der Waals surface area contributed by atoms with Gasteiger partial charge in [-0.25, -0.2) is 0 Å². The summed E-state index contributed by atoms with van der Waals surface area (Å²) in [5.74, 6) is -0.360. The molecule has 1 aliphatic rings. The number of hydrogen-bond donors (Lipinski definition) is 2. The zero-order valence-electron chi connectivity index (χ0n) is 10.8. The van der Waals surface area contributed by atoms with E-state index in [9.17, 15) is 9.59 Å². The fraction of sp³-hybridized carbons (Fsp3) is 0.429. The van der Waals surface area contributed by atoms with E-state index in [0.29, 0.717) is 6.61 Å². The Morgan fingerprint density at radius 1 is 1.47 bits per heavy atom. The number of hydrogen-bond acceptors (Lipinski definition) is 3. The number of rotatable bonds is 4. The molecule has 2 atom stereocenters. The predicted molar refractivity (Wildman–Crippen MR) is 69.2 cm³/mol. The van der Waals surface area contributed by atoms with Crippen LogP contribution in [0.2, 0.25) is 0 Å². The zero-order valence-corrected chi connectivity index (χ0v) is 10.8. The molecule has 0 bridgehead atoms. The maximum Gasteiger partial charge on any atom is 0.325 e. The first kappa shape index (κ1) is 13.4. The molecule has 0 aliphatic carbocycles. The summed E-state index contributed by atoms with van der Waals surface area (Å²) < 4.78 is 5.53. The molecule has 0 unspecified atom stereocenters. The molecule has 0 radical (unpaired) electrons. The molecule has 0 aromatic heterocycles. The summed E-state index contributed by atoms with van der Waals surface area (Å²) in [7, 11) is 0. The van der Waals surface area contributed by atoms with Crippen LogP contribution in [0.25, 0.3) is 0 Å². The quantitative estimate of drug-likeness (QED) is 0.863. The third kappa shape index (κ3) is 3.24. The number of carbonyl (C=O) groups excluding carboxylic acids is 1. The van der Waals surface area contributed by atoms with Gasteiger partial charge in [-0.15, -0.1) is 0 Å². The molecule has 1 amide bonds. The molecule has 5 heteroatoms. The van der Waals surface area contributed by atoms with Gasteiger partial charge in [-0.3, -0.25) is 9.59 Å². The topological polar surface area (TPSA) is 75.6 Å². The molecule has 5 nitrogen and oxygen atoms in total. The minimum atomic E-state index is -1.03. The average Bonchev–Trinajstić information content (AvgIpc) is 2.39. The van der Waals surface area contributed by atoms with Crippen molar-refractivity contribution in [1.29, 1.82) is 0 Å². The molecule has 2 rings (SSSR count). The molecule has 0 fully saturated rings. The third-order valence-corrected chi connectivity index (χ3v) is 3.26. The SMILES string of the molecule is C[C@@H](NC(=O)C[C@@H]1CCOc2ccccc21)C(=O)O. The number of carboxylic acid groups (broad SMARTS) is 1. The third-order valence-electron chi connectivity index (χ3n) is 3.26. The molecular formula is C14H17NO4. The number of aliphatic carboxylic acids is 1. The lowest BCUT2D eigenvalue weighted by Crippen LogP contribution is -2.39. The fourth-order valence-corrected chi connectivity index (χ4v) is 2.21. The van der Waals surface area contributed by atoms with Crippen molar-refractivity contribution in [3.05, 3.63) is 29.8 Å². The van der Waals surface area contributed by atoms with Crippen LogP contribution < -0.4 is 10.1 Å². The van der Waals surface area contributed by atoms with Crippen molar-refractivity contribution in [2.24, 2.45) is 0 Å². The van der Waals surface area contributed by atoms with Gasteiger partial charge in [-0.2, -0.15) is 0 Å². The summed E-state index contributed by atoms with van der Waals surface area (Å²) in [4.78, 5) is 22.5. The number of carboxylic acids is 1. The maximum atomic E-state index is 11.8. The summed E-state index contributed by atoms with van der Waals surface area (Å²) in [5, 5.41) is 11.2. The first-order valence-corrected chi connectivity index (χ1v) is 6.32. The zero-order chi connectivity index (χ0) is 13.8. The molecule has 1 aromatic rings. The van der Waals surface area contributed by atoms with E-state index in [1.54, 1.807) is 0 Å². The lowest BCUT2D eigenvalue weighted by atomic mass is 9.90. The van der Waals surface area contributed by atoms with Crippen LogP contribution in [0.4, 0.5) is 0 Å². The Labute approximate surface area is 111 Å². The second kappa shape index (κ2) is 5.73. The standard InChI is InChI=1S/C14H17NO4/c1-9(14(17)18)15-13(16)8-10-6-7-19-12-5-3-2-4-11(10)12/h2-5,9-10H,6-8H2,1H3,(H,15,16)(H,17,18)/t9-,10+/m1/s1. The van der Waals surface area contributed by atoms with Crippen molar-refractivity contribution in [2.75, 3.05) is 6.61 Å². The average molecular weight is 263 g/mol. The van der Waals surface area contributed by atoms with Gasteiger partial charge in [0.15, 0.2) is 0 Å². The Morgan fingerprint density at radius 2 is 2.21 bits per heavy atom. The highest BCUT2D eigenvalue weighted by Gasteiger charge is 2.24. The first-order chi connectivity index (χ1) is 9.08. The smallest absolute Gasteiger partial charge is 0.325 e. The molecule has 19 heavy (non-hydrogen) atoms. The molecule has 102 valence electrons. The minimum absolute atomic E-state index is 0.0888. The van der Waals surface area contributed by atoms with Gasteiger partial charge in [0, 0.05) is 6.42 Å². The van der Waals surface area contributed by atoms with E-state index in [1.165, 1.54) is 6.92 Å². The van der Waals surface area contributed by atoms with Crippen molar-refractivity contribution >= 4 is 11.9 Å². The largest absolute Gasteiger partial charge is 0.493 e. The van der Waals surface area contributed by atoms with Gasteiger partial charge in [0.25, 0.3) is 0 Å². The van der Waals surface area contributed by atoms with Gasteiger partial charge in [0.1, 0.15) is 11.8 Å². The van der Waals surface area contributed by atoms with E-state index in [4.69, 9.17) is 9.84 Å². The summed E-state index contributed by atoms with van der Waals surface area (Å²) in [6.45, 7) is 2.04. The molecule has 2 N–H and O–H groups in total. The second-order valence-corrected chi connectivity index (χ2v) is 4.70. The van der Waals surface area contributed by atoms with Crippen LogP contribution >= 0.6 is 0 Å². The Kier molecular flexibility index (Phi) is 4.04. The normalized spacial score (nSPS) is 18.9. The van der Waals surface area contributed by atoms with Gasteiger partial charge < -0.3 is 15.2 Å².